The molecular weight excluding hydrogens is 462 g/mol. The summed E-state index contributed by atoms with van der Waals surface area (Å²) in [5.41, 5.74) is 7.61. The van der Waals surface area contributed by atoms with E-state index in [0.29, 0.717) is 0 Å². The zero-order valence-corrected chi connectivity index (χ0v) is 21.8. The van der Waals surface area contributed by atoms with Crippen molar-refractivity contribution in [3.05, 3.63) is 36.0 Å². The van der Waals surface area contributed by atoms with Crippen LogP contribution in [0.5, 0.6) is 0 Å². The van der Waals surface area contributed by atoms with E-state index in [4.69, 9.17) is 5.73 Å². The molecule has 2 rings (SSSR count). The third-order valence-electron chi connectivity index (χ3n) is 6.23. The highest BCUT2D eigenvalue weighted by atomic mass is 16.4. The molecule has 7 N–H and O–H groups in total. The number of nitrogens with one attached hydrogen (secondary N) is 4. The van der Waals surface area contributed by atoms with E-state index in [9.17, 15) is 24.3 Å². The average Bonchev–Trinajstić information content (AvgIpc) is 3.21. The quantitative estimate of drug-likeness (QED) is 0.258. The minimum atomic E-state index is -1.16. The van der Waals surface area contributed by atoms with Gasteiger partial charge in [-0.2, -0.15) is 0 Å². The lowest BCUT2D eigenvalue weighted by atomic mass is 9.98. The Hall–Kier alpha value is -3.40. The van der Waals surface area contributed by atoms with Gasteiger partial charge in [0.1, 0.15) is 18.1 Å². The number of nitrogens with two attached hydrogens (primary N) is 1. The number of para-hydroxylation sites is 1. The van der Waals surface area contributed by atoms with Crippen LogP contribution >= 0.6 is 0 Å². The Kier molecular flexibility index (Phi) is 10.0. The van der Waals surface area contributed by atoms with Gasteiger partial charge in [0, 0.05) is 23.5 Å². The molecule has 1 aromatic carbocycles. The summed E-state index contributed by atoms with van der Waals surface area (Å²) in [6.07, 6.45) is 1.88. The van der Waals surface area contributed by atoms with E-state index in [0.717, 1.165) is 16.5 Å². The Labute approximate surface area is 211 Å². The van der Waals surface area contributed by atoms with Crippen molar-refractivity contribution in [3.8, 4) is 0 Å². The molecule has 0 spiro atoms. The van der Waals surface area contributed by atoms with Gasteiger partial charge < -0.3 is 31.8 Å². The molecule has 0 saturated heterocycles. The van der Waals surface area contributed by atoms with Crippen LogP contribution in [0, 0.1) is 17.8 Å². The summed E-state index contributed by atoms with van der Waals surface area (Å²) >= 11 is 0. The lowest BCUT2D eigenvalue weighted by molar-refractivity contribution is -0.143. The van der Waals surface area contributed by atoms with Crippen molar-refractivity contribution in [2.24, 2.45) is 23.5 Å². The number of benzene rings is 1. The van der Waals surface area contributed by atoms with Gasteiger partial charge in [0.2, 0.25) is 17.7 Å². The van der Waals surface area contributed by atoms with Crippen LogP contribution < -0.4 is 21.7 Å². The fourth-order valence-electron chi connectivity index (χ4n) is 3.85. The van der Waals surface area contributed by atoms with Crippen molar-refractivity contribution >= 4 is 34.6 Å². The molecular formula is C26H39N5O5. The van der Waals surface area contributed by atoms with Crippen LogP contribution in [0.1, 0.15) is 47.1 Å². The Bertz CT molecular complexity index is 1080. The largest absolute Gasteiger partial charge is 0.480 e. The zero-order chi connectivity index (χ0) is 27.2. The van der Waals surface area contributed by atoms with E-state index >= 15 is 0 Å². The number of fused-ring (bicyclic) bond motifs is 1. The minimum Gasteiger partial charge on any atom is -0.480 e. The molecule has 2 aromatic rings. The predicted octanol–water partition coefficient (Wildman–Crippen LogP) is 1.54. The van der Waals surface area contributed by atoms with Crippen molar-refractivity contribution in [3.63, 3.8) is 0 Å². The summed E-state index contributed by atoms with van der Waals surface area (Å²) in [7, 11) is 0. The van der Waals surface area contributed by atoms with Gasteiger partial charge in [0.05, 0.1) is 6.04 Å². The van der Waals surface area contributed by atoms with E-state index in [-0.39, 0.29) is 24.2 Å². The predicted molar refractivity (Wildman–Crippen MR) is 138 cm³/mol. The second kappa shape index (κ2) is 12.5. The van der Waals surface area contributed by atoms with Gasteiger partial charge >= 0.3 is 5.97 Å². The number of H-pyrrole nitrogens is 1. The van der Waals surface area contributed by atoms with E-state index in [1.54, 1.807) is 33.9 Å². The number of aromatic nitrogens is 1. The average molecular weight is 502 g/mol. The van der Waals surface area contributed by atoms with Crippen LogP contribution in [0.4, 0.5) is 0 Å². The van der Waals surface area contributed by atoms with Crippen LogP contribution in [-0.2, 0) is 25.6 Å². The molecule has 0 saturated carbocycles. The van der Waals surface area contributed by atoms with Crippen molar-refractivity contribution in [1.82, 2.24) is 20.9 Å². The molecule has 10 heteroatoms. The van der Waals surface area contributed by atoms with Gasteiger partial charge in [0.25, 0.3) is 0 Å². The summed E-state index contributed by atoms with van der Waals surface area (Å²) < 4.78 is 0. The van der Waals surface area contributed by atoms with Crippen molar-refractivity contribution < 1.29 is 24.3 Å². The molecule has 36 heavy (non-hydrogen) atoms. The summed E-state index contributed by atoms with van der Waals surface area (Å²) in [4.78, 5) is 54.0. The third-order valence-corrected chi connectivity index (χ3v) is 6.23. The number of aromatic amines is 1. The van der Waals surface area contributed by atoms with Crippen molar-refractivity contribution in [2.45, 2.75) is 72.1 Å². The van der Waals surface area contributed by atoms with Crippen LogP contribution in [-0.4, -0.2) is 57.9 Å². The number of hydrogen-bond acceptors (Lipinski definition) is 5. The number of carboxylic acids is 1. The van der Waals surface area contributed by atoms with E-state index in [2.05, 4.69) is 20.9 Å². The molecule has 0 aliphatic heterocycles. The molecule has 0 bridgehead atoms. The Balaban J connectivity index is 2.32. The Morgan fingerprint density at radius 2 is 1.42 bits per heavy atom. The monoisotopic (exact) mass is 501 g/mol. The summed E-state index contributed by atoms with van der Waals surface area (Å²) in [6.45, 7) is 10.6. The first-order valence-corrected chi connectivity index (χ1v) is 12.3. The summed E-state index contributed by atoms with van der Waals surface area (Å²) in [6, 6.07) is 3.64. The van der Waals surface area contributed by atoms with Gasteiger partial charge in [0.15, 0.2) is 0 Å². The van der Waals surface area contributed by atoms with Crippen LogP contribution in [0.15, 0.2) is 30.5 Å². The first-order chi connectivity index (χ1) is 16.8. The SMILES string of the molecule is CC(C)C(N)C(=O)NC(C(=O)NC(Cc1c[nH]c2ccccc12)C(=O)NC(C(=O)O)C(C)C)C(C)C. The molecule has 1 heterocycles. The van der Waals surface area contributed by atoms with Crippen LogP contribution in [0.25, 0.3) is 10.9 Å². The highest BCUT2D eigenvalue weighted by Crippen LogP contribution is 2.19. The standard InChI is InChI=1S/C26H39N5O5/c1-13(2)20(27)24(33)30-21(14(3)4)25(34)29-19(23(32)31-22(15(5)6)26(35)36)11-16-12-28-18-10-8-7-9-17(16)18/h7-10,12-15,19-22,28H,11,27H2,1-6H3,(H,29,34)(H,30,33)(H,31,32)(H,35,36). The Morgan fingerprint density at radius 1 is 0.833 bits per heavy atom. The molecule has 0 radical (unpaired) electrons. The molecule has 0 aliphatic carbocycles. The topological polar surface area (TPSA) is 166 Å². The highest BCUT2D eigenvalue weighted by Gasteiger charge is 2.33. The van der Waals surface area contributed by atoms with Gasteiger partial charge in [-0.05, 0) is 29.4 Å². The smallest absolute Gasteiger partial charge is 0.326 e. The molecule has 0 fully saturated rings. The molecule has 3 amide bonds. The molecule has 198 valence electrons. The maximum Gasteiger partial charge on any atom is 0.326 e. The fourth-order valence-corrected chi connectivity index (χ4v) is 3.85. The van der Waals surface area contributed by atoms with E-state index in [1.165, 1.54) is 0 Å². The van der Waals surface area contributed by atoms with Gasteiger partial charge in [-0.1, -0.05) is 59.7 Å². The molecule has 0 aliphatic rings. The van der Waals surface area contributed by atoms with E-state index in [1.807, 2.05) is 38.1 Å². The number of hydrogen-bond donors (Lipinski definition) is 6. The summed E-state index contributed by atoms with van der Waals surface area (Å²) in [5.74, 6) is -3.56. The minimum absolute atomic E-state index is 0.120. The first-order valence-electron chi connectivity index (χ1n) is 12.3. The second-order valence-electron chi connectivity index (χ2n) is 10.2. The normalized spacial score (nSPS) is 14.9. The number of rotatable bonds is 12. The number of aliphatic carboxylic acids is 1. The highest BCUT2D eigenvalue weighted by molar-refractivity contribution is 5.95. The second-order valence-corrected chi connectivity index (χ2v) is 10.2. The number of carboxylic acid groups (broad SMARTS) is 1. The lowest BCUT2D eigenvalue weighted by Crippen LogP contribution is -2.59. The van der Waals surface area contributed by atoms with Gasteiger partial charge in [-0.25, -0.2) is 4.79 Å². The number of amides is 3. The van der Waals surface area contributed by atoms with Crippen LogP contribution in [0.2, 0.25) is 0 Å². The van der Waals surface area contributed by atoms with E-state index < -0.39 is 47.9 Å². The number of carbonyl (C=O) groups is 4. The molecule has 4 unspecified atom stereocenters. The lowest BCUT2D eigenvalue weighted by Gasteiger charge is -2.28. The van der Waals surface area contributed by atoms with Crippen LogP contribution in [0.3, 0.4) is 0 Å². The molecule has 4 atom stereocenters. The van der Waals surface area contributed by atoms with Crippen molar-refractivity contribution in [1.29, 1.82) is 0 Å². The fraction of sp³-hybridized carbons (Fsp3) is 0.538. The zero-order valence-electron chi connectivity index (χ0n) is 21.8. The maximum atomic E-state index is 13.3. The first kappa shape index (κ1) is 28.8. The van der Waals surface area contributed by atoms with Gasteiger partial charge in [-0.15, -0.1) is 0 Å². The molecule has 1 aromatic heterocycles. The maximum absolute atomic E-state index is 13.3. The van der Waals surface area contributed by atoms with Crippen molar-refractivity contribution in [2.75, 3.05) is 0 Å². The third kappa shape index (κ3) is 7.30. The Morgan fingerprint density at radius 3 is 1.97 bits per heavy atom. The molecule has 10 nitrogen and oxygen atoms in total. The van der Waals surface area contributed by atoms with Gasteiger partial charge in [-0.3, -0.25) is 14.4 Å². The number of carbonyl (C=O) groups excluding carboxylic acids is 3. The summed E-state index contributed by atoms with van der Waals surface area (Å²) in [5, 5.41) is 18.4.